The van der Waals surface area contributed by atoms with Gasteiger partial charge in [-0.3, -0.25) is 0 Å². The van der Waals surface area contributed by atoms with Crippen LogP contribution in [-0.2, 0) is 6.42 Å². The lowest BCUT2D eigenvalue weighted by atomic mass is 10.0. The predicted molar refractivity (Wildman–Crippen MR) is 67.7 cm³/mol. The molecule has 0 saturated carbocycles. The third kappa shape index (κ3) is 3.28. The molecule has 0 spiro atoms. The highest BCUT2D eigenvalue weighted by atomic mass is 79.9. The van der Waals surface area contributed by atoms with Crippen molar-refractivity contribution in [3.05, 3.63) is 29.3 Å². The van der Waals surface area contributed by atoms with Crippen LogP contribution in [0.15, 0.2) is 18.2 Å². The molecule has 0 radical (unpaired) electrons. The van der Waals surface area contributed by atoms with Gasteiger partial charge in [-0.25, -0.2) is 0 Å². The standard InChI is InChI=1S/C11H14Br2O/c1-8-3-2-4-11(14)10(8)7-9(13)5-6-12/h2-4,9,14H,5-7H2,1H3. The van der Waals surface area contributed by atoms with Crippen molar-refractivity contribution in [3.8, 4) is 5.75 Å². The Bertz CT molecular complexity index is 279. The molecule has 0 bridgehead atoms. The minimum absolute atomic E-state index is 0.407. The van der Waals surface area contributed by atoms with Gasteiger partial charge in [-0.1, -0.05) is 44.0 Å². The van der Waals surface area contributed by atoms with E-state index in [1.807, 2.05) is 19.1 Å². The number of phenolic OH excluding ortho intramolecular Hbond substituents is 1. The second kappa shape index (κ2) is 5.76. The van der Waals surface area contributed by atoms with Gasteiger partial charge in [0.25, 0.3) is 0 Å². The summed E-state index contributed by atoms with van der Waals surface area (Å²) in [6.07, 6.45) is 1.94. The van der Waals surface area contributed by atoms with Gasteiger partial charge < -0.3 is 5.11 Å². The van der Waals surface area contributed by atoms with E-state index in [9.17, 15) is 5.11 Å². The molecule has 3 heteroatoms. The summed E-state index contributed by atoms with van der Waals surface area (Å²) in [5.74, 6) is 0.407. The molecular formula is C11H14Br2O. The first-order chi connectivity index (χ1) is 6.65. The van der Waals surface area contributed by atoms with Gasteiger partial charge in [-0.2, -0.15) is 0 Å². The van der Waals surface area contributed by atoms with Crippen LogP contribution in [0.5, 0.6) is 5.75 Å². The maximum Gasteiger partial charge on any atom is 0.119 e. The second-order valence-electron chi connectivity index (χ2n) is 3.35. The second-order valence-corrected chi connectivity index (χ2v) is 5.44. The zero-order valence-corrected chi connectivity index (χ0v) is 11.3. The van der Waals surface area contributed by atoms with Gasteiger partial charge in [0.2, 0.25) is 0 Å². The summed E-state index contributed by atoms with van der Waals surface area (Å²) < 4.78 is 0. The molecule has 0 amide bonds. The van der Waals surface area contributed by atoms with E-state index in [-0.39, 0.29) is 0 Å². The number of hydrogen-bond donors (Lipinski definition) is 1. The van der Waals surface area contributed by atoms with Crippen molar-refractivity contribution < 1.29 is 5.11 Å². The SMILES string of the molecule is Cc1cccc(O)c1CC(Br)CCBr. The van der Waals surface area contributed by atoms with Gasteiger partial charge in [0.05, 0.1) is 0 Å². The molecule has 1 nitrogen and oxygen atoms in total. The average Bonchev–Trinajstić information content (AvgIpc) is 2.12. The van der Waals surface area contributed by atoms with E-state index in [2.05, 4.69) is 31.9 Å². The first kappa shape index (κ1) is 12.1. The van der Waals surface area contributed by atoms with E-state index in [0.717, 1.165) is 29.3 Å². The highest BCUT2D eigenvalue weighted by Gasteiger charge is 2.10. The van der Waals surface area contributed by atoms with Crippen molar-refractivity contribution in [1.29, 1.82) is 0 Å². The van der Waals surface area contributed by atoms with E-state index >= 15 is 0 Å². The van der Waals surface area contributed by atoms with Gasteiger partial charge >= 0.3 is 0 Å². The van der Waals surface area contributed by atoms with Crippen molar-refractivity contribution in [3.63, 3.8) is 0 Å². The maximum absolute atomic E-state index is 9.68. The van der Waals surface area contributed by atoms with E-state index in [4.69, 9.17) is 0 Å². The maximum atomic E-state index is 9.68. The Morgan fingerprint density at radius 3 is 2.71 bits per heavy atom. The van der Waals surface area contributed by atoms with Crippen LogP contribution < -0.4 is 0 Å². The number of phenols is 1. The normalized spacial score (nSPS) is 12.8. The molecule has 1 aromatic carbocycles. The fraction of sp³-hybridized carbons (Fsp3) is 0.455. The lowest BCUT2D eigenvalue weighted by Crippen LogP contribution is -2.04. The number of benzene rings is 1. The molecule has 0 aromatic heterocycles. The van der Waals surface area contributed by atoms with Crippen molar-refractivity contribution in [1.82, 2.24) is 0 Å². The van der Waals surface area contributed by atoms with Crippen molar-refractivity contribution in [2.75, 3.05) is 5.33 Å². The van der Waals surface area contributed by atoms with Gasteiger partial charge in [-0.05, 0) is 37.0 Å². The zero-order chi connectivity index (χ0) is 10.6. The molecule has 0 aliphatic carbocycles. The molecule has 78 valence electrons. The number of halogens is 2. The Kier molecular flexibility index (Phi) is 4.96. The van der Waals surface area contributed by atoms with Crippen LogP contribution in [0, 0.1) is 6.92 Å². The Labute approximate surface area is 102 Å². The molecule has 14 heavy (non-hydrogen) atoms. The van der Waals surface area contributed by atoms with Crippen LogP contribution in [0.1, 0.15) is 17.5 Å². The topological polar surface area (TPSA) is 20.2 Å². The number of aromatic hydroxyl groups is 1. The summed E-state index contributed by atoms with van der Waals surface area (Å²) in [6.45, 7) is 2.03. The van der Waals surface area contributed by atoms with Gasteiger partial charge in [0.15, 0.2) is 0 Å². The average molecular weight is 322 g/mol. The fourth-order valence-electron chi connectivity index (χ4n) is 1.39. The summed E-state index contributed by atoms with van der Waals surface area (Å²) in [4.78, 5) is 0.425. The smallest absolute Gasteiger partial charge is 0.119 e. The Morgan fingerprint density at radius 2 is 2.14 bits per heavy atom. The molecule has 1 unspecified atom stereocenters. The minimum atomic E-state index is 0.407. The van der Waals surface area contributed by atoms with Gasteiger partial charge in [0.1, 0.15) is 5.75 Å². The summed E-state index contributed by atoms with van der Waals surface area (Å²) in [5, 5.41) is 10.7. The number of aryl methyl sites for hydroxylation is 1. The largest absolute Gasteiger partial charge is 0.508 e. The van der Waals surface area contributed by atoms with E-state index in [1.165, 1.54) is 0 Å². The summed E-state index contributed by atoms with van der Waals surface area (Å²) in [6, 6.07) is 5.65. The van der Waals surface area contributed by atoms with Crippen LogP contribution in [0.3, 0.4) is 0 Å². The van der Waals surface area contributed by atoms with Gasteiger partial charge in [0, 0.05) is 10.2 Å². The highest BCUT2D eigenvalue weighted by Crippen LogP contribution is 2.25. The lowest BCUT2D eigenvalue weighted by Gasteiger charge is -2.11. The van der Waals surface area contributed by atoms with E-state index in [1.54, 1.807) is 6.07 Å². The Morgan fingerprint density at radius 1 is 1.43 bits per heavy atom. The zero-order valence-electron chi connectivity index (χ0n) is 8.13. The number of hydrogen-bond acceptors (Lipinski definition) is 1. The molecule has 0 saturated heterocycles. The lowest BCUT2D eigenvalue weighted by molar-refractivity contribution is 0.467. The molecular weight excluding hydrogens is 308 g/mol. The van der Waals surface area contributed by atoms with Crippen molar-refractivity contribution in [2.45, 2.75) is 24.6 Å². The third-order valence-corrected chi connectivity index (χ3v) is 3.47. The summed E-state index contributed by atoms with van der Waals surface area (Å²) in [5.41, 5.74) is 2.21. The van der Waals surface area contributed by atoms with Crippen LogP contribution in [0.2, 0.25) is 0 Å². The fourth-order valence-corrected chi connectivity index (χ4v) is 3.11. The Balaban J connectivity index is 2.75. The molecule has 1 aromatic rings. The van der Waals surface area contributed by atoms with Crippen LogP contribution in [0.4, 0.5) is 0 Å². The molecule has 0 heterocycles. The molecule has 0 fully saturated rings. The quantitative estimate of drug-likeness (QED) is 0.836. The highest BCUT2D eigenvalue weighted by molar-refractivity contribution is 9.10. The predicted octanol–water partition coefficient (Wildman–Crippen LogP) is 3.79. The number of rotatable bonds is 4. The van der Waals surface area contributed by atoms with E-state index in [0.29, 0.717) is 10.6 Å². The monoisotopic (exact) mass is 320 g/mol. The van der Waals surface area contributed by atoms with Crippen LogP contribution >= 0.6 is 31.9 Å². The van der Waals surface area contributed by atoms with Crippen LogP contribution in [0.25, 0.3) is 0 Å². The minimum Gasteiger partial charge on any atom is -0.508 e. The van der Waals surface area contributed by atoms with Crippen molar-refractivity contribution >= 4 is 31.9 Å². The summed E-state index contributed by atoms with van der Waals surface area (Å²) in [7, 11) is 0. The third-order valence-electron chi connectivity index (χ3n) is 2.23. The molecule has 1 N–H and O–H groups in total. The molecule has 0 aliphatic rings. The Hall–Kier alpha value is -0.0200. The van der Waals surface area contributed by atoms with E-state index < -0.39 is 0 Å². The molecule has 1 rings (SSSR count). The van der Waals surface area contributed by atoms with Crippen LogP contribution in [-0.4, -0.2) is 15.3 Å². The van der Waals surface area contributed by atoms with Crippen molar-refractivity contribution in [2.24, 2.45) is 0 Å². The molecule has 0 aliphatic heterocycles. The summed E-state index contributed by atoms with van der Waals surface area (Å²) >= 11 is 7.01. The first-order valence-corrected chi connectivity index (χ1v) is 6.66. The molecule has 1 atom stereocenters. The first-order valence-electron chi connectivity index (χ1n) is 4.62. The van der Waals surface area contributed by atoms with Gasteiger partial charge in [-0.15, -0.1) is 0 Å². The number of alkyl halides is 2.